The van der Waals surface area contributed by atoms with Gasteiger partial charge in [-0.1, -0.05) is 251 Å². The summed E-state index contributed by atoms with van der Waals surface area (Å²) in [5.74, 6) is -0.257. The maximum absolute atomic E-state index is 13.1. The Kier molecular flexibility index (Phi) is 41.7. The van der Waals surface area contributed by atoms with Gasteiger partial charge in [-0.2, -0.15) is 8.42 Å². The second kappa shape index (κ2) is 43.8. The monoisotopic (exact) mass is 962 g/mol. The topological polar surface area (TPSA) is 192 Å². The van der Waals surface area contributed by atoms with Gasteiger partial charge in [-0.25, -0.2) is 4.18 Å². The van der Waals surface area contributed by atoms with E-state index in [9.17, 15) is 38.2 Å². The Balaban J connectivity index is 2.36. The fourth-order valence-electron chi connectivity index (χ4n) is 9.05. The summed E-state index contributed by atoms with van der Waals surface area (Å²) >= 11 is 0. The molecule has 12 nitrogen and oxygen atoms in total. The molecule has 0 aliphatic carbocycles. The van der Waals surface area contributed by atoms with Gasteiger partial charge in [0.05, 0.1) is 25.4 Å². The molecule has 1 amide bonds. The predicted molar refractivity (Wildman–Crippen MR) is 269 cm³/mol. The molecule has 0 aromatic heterocycles. The van der Waals surface area contributed by atoms with E-state index in [1.165, 1.54) is 199 Å². The molecule has 1 aliphatic rings. The third kappa shape index (κ3) is 35.9. The summed E-state index contributed by atoms with van der Waals surface area (Å²) in [7, 11) is -5.08. The smallest absolute Gasteiger partial charge is 0.394 e. The molecule has 7 atom stereocenters. The molecule has 66 heavy (non-hydrogen) atoms. The average molecular weight is 962 g/mol. The Morgan fingerprint density at radius 3 is 1.32 bits per heavy atom. The Hall–Kier alpha value is -1.16. The fraction of sp³-hybridized carbons (Fsp3) is 0.943. The molecule has 1 heterocycles. The van der Waals surface area contributed by atoms with Crippen LogP contribution in [0.2, 0.25) is 0 Å². The van der Waals surface area contributed by atoms with Crippen LogP contribution < -0.4 is 5.32 Å². The van der Waals surface area contributed by atoms with Gasteiger partial charge in [0.25, 0.3) is 0 Å². The zero-order valence-corrected chi connectivity index (χ0v) is 43.1. The highest BCUT2D eigenvalue weighted by molar-refractivity contribution is 7.80. The van der Waals surface area contributed by atoms with Crippen LogP contribution in [0.5, 0.6) is 0 Å². The second-order valence-electron chi connectivity index (χ2n) is 19.5. The van der Waals surface area contributed by atoms with Gasteiger partial charge in [-0.3, -0.25) is 9.35 Å². The van der Waals surface area contributed by atoms with Crippen molar-refractivity contribution >= 4 is 16.3 Å². The summed E-state index contributed by atoms with van der Waals surface area (Å²) < 4.78 is 47.8. The van der Waals surface area contributed by atoms with Crippen molar-refractivity contribution in [1.29, 1.82) is 0 Å². The molecule has 1 rings (SSSR count). The van der Waals surface area contributed by atoms with Crippen LogP contribution in [0.3, 0.4) is 0 Å². The second-order valence-corrected chi connectivity index (χ2v) is 20.6. The Bertz CT molecular complexity index is 1220. The zero-order valence-electron chi connectivity index (χ0n) is 42.3. The molecule has 0 aromatic rings. The number of unbranched alkanes of at least 4 members (excludes halogenated alkanes) is 36. The van der Waals surface area contributed by atoms with Crippen molar-refractivity contribution in [3.63, 3.8) is 0 Å². The molecule has 1 aliphatic heterocycles. The maximum atomic E-state index is 13.1. The van der Waals surface area contributed by atoms with Gasteiger partial charge < -0.3 is 35.2 Å². The molecule has 0 bridgehead atoms. The van der Waals surface area contributed by atoms with Crippen LogP contribution in [0.25, 0.3) is 0 Å². The number of ether oxygens (including phenoxy) is 2. The zero-order chi connectivity index (χ0) is 48.4. The van der Waals surface area contributed by atoms with Crippen molar-refractivity contribution in [3.8, 4) is 0 Å². The van der Waals surface area contributed by atoms with E-state index in [1.807, 2.05) is 6.08 Å². The molecule has 6 N–H and O–H groups in total. The number of nitrogens with one attached hydrogen (secondary N) is 1. The van der Waals surface area contributed by atoms with Gasteiger partial charge in [-0.15, -0.1) is 0 Å². The molecule has 392 valence electrons. The molecule has 7 unspecified atom stereocenters. The minimum Gasteiger partial charge on any atom is -0.394 e. The summed E-state index contributed by atoms with van der Waals surface area (Å²) in [6.45, 7) is 3.42. The van der Waals surface area contributed by atoms with Crippen molar-refractivity contribution in [1.82, 2.24) is 5.32 Å². The highest BCUT2D eigenvalue weighted by atomic mass is 32.3. The molecule has 0 saturated carbocycles. The van der Waals surface area contributed by atoms with Crippen LogP contribution in [0.1, 0.15) is 264 Å². The third-order valence-electron chi connectivity index (χ3n) is 13.3. The van der Waals surface area contributed by atoms with Crippen LogP contribution in [-0.4, -0.2) is 95.4 Å². The summed E-state index contributed by atoms with van der Waals surface area (Å²) in [6, 6.07) is -0.939. The van der Waals surface area contributed by atoms with E-state index in [1.54, 1.807) is 6.08 Å². The maximum Gasteiger partial charge on any atom is 0.397 e. The SMILES string of the molecule is CCCCCCCCCCCCCCC/C=C/C(O)C(COC1OC(CO)C(O)C(OS(=O)(=O)O)C1O)NC(=O)CCCCCCCCCCCCCCCCCCCCCCCCCC. The van der Waals surface area contributed by atoms with E-state index in [4.69, 9.17) is 9.47 Å². The lowest BCUT2D eigenvalue weighted by Gasteiger charge is -2.41. The highest BCUT2D eigenvalue weighted by Crippen LogP contribution is 2.26. The number of aliphatic hydroxyl groups excluding tert-OH is 4. The van der Waals surface area contributed by atoms with E-state index in [-0.39, 0.29) is 18.9 Å². The van der Waals surface area contributed by atoms with Crippen molar-refractivity contribution in [2.75, 3.05) is 13.2 Å². The van der Waals surface area contributed by atoms with Gasteiger partial charge in [0, 0.05) is 6.42 Å². The predicted octanol–water partition coefficient (Wildman–Crippen LogP) is 12.3. The lowest BCUT2D eigenvalue weighted by molar-refractivity contribution is -0.298. The average Bonchev–Trinajstić information content (AvgIpc) is 3.29. The fourth-order valence-corrected chi connectivity index (χ4v) is 9.55. The number of rotatable bonds is 48. The van der Waals surface area contributed by atoms with Gasteiger partial charge in [0.15, 0.2) is 6.29 Å². The van der Waals surface area contributed by atoms with E-state index in [0.29, 0.717) is 6.42 Å². The van der Waals surface area contributed by atoms with Crippen LogP contribution >= 0.6 is 0 Å². The summed E-state index contributed by atoms with van der Waals surface area (Å²) in [5.41, 5.74) is 0. The van der Waals surface area contributed by atoms with Crippen molar-refractivity contribution in [2.24, 2.45) is 0 Å². The van der Waals surface area contributed by atoms with Crippen molar-refractivity contribution in [3.05, 3.63) is 12.2 Å². The molecule has 0 aromatic carbocycles. The minimum atomic E-state index is -5.08. The normalized spacial score (nSPS) is 20.0. The third-order valence-corrected chi connectivity index (χ3v) is 13.8. The molecule has 1 saturated heterocycles. The van der Waals surface area contributed by atoms with Crippen LogP contribution in [-0.2, 0) is 28.9 Å². The molecule has 1 fully saturated rings. The van der Waals surface area contributed by atoms with E-state index in [0.717, 1.165) is 38.5 Å². The first kappa shape index (κ1) is 62.9. The Labute approximate surface area is 404 Å². The highest BCUT2D eigenvalue weighted by Gasteiger charge is 2.48. The lowest BCUT2D eigenvalue weighted by Crippen LogP contribution is -2.61. The number of aliphatic hydroxyl groups is 4. The van der Waals surface area contributed by atoms with E-state index >= 15 is 0 Å². The molecule has 13 heteroatoms. The van der Waals surface area contributed by atoms with E-state index < -0.39 is 59.9 Å². The number of carbonyl (C=O) groups is 1. The molecule has 0 radical (unpaired) electrons. The van der Waals surface area contributed by atoms with Crippen LogP contribution in [0.4, 0.5) is 0 Å². The molecule has 0 spiro atoms. The lowest BCUT2D eigenvalue weighted by atomic mass is 9.99. The number of amides is 1. The van der Waals surface area contributed by atoms with Gasteiger partial charge in [0.1, 0.15) is 24.4 Å². The minimum absolute atomic E-state index is 0.257. The molecular formula is C53H103NO11S. The summed E-state index contributed by atoms with van der Waals surface area (Å²) in [5, 5.41) is 44.9. The summed E-state index contributed by atoms with van der Waals surface area (Å²) in [4.78, 5) is 13.1. The quantitative estimate of drug-likeness (QED) is 0.0193. The van der Waals surface area contributed by atoms with Crippen molar-refractivity contribution < 1.29 is 51.8 Å². The Morgan fingerprint density at radius 1 is 0.591 bits per heavy atom. The largest absolute Gasteiger partial charge is 0.397 e. The van der Waals surface area contributed by atoms with Gasteiger partial charge in [-0.05, 0) is 19.3 Å². The first-order valence-corrected chi connectivity index (χ1v) is 28.9. The first-order chi connectivity index (χ1) is 32.0. The summed E-state index contributed by atoms with van der Waals surface area (Å²) in [6.07, 6.45) is 42.6. The van der Waals surface area contributed by atoms with Crippen molar-refractivity contribution in [2.45, 2.75) is 307 Å². The van der Waals surface area contributed by atoms with Crippen LogP contribution in [0, 0.1) is 0 Å². The Morgan fingerprint density at radius 2 is 0.955 bits per heavy atom. The van der Waals surface area contributed by atoms with Gasteiger partial charge >= 0.3 is 10.4 Å². The number of allylic oxidation sites excluding steroid dienone is 1. The first-order valence-electron chi connectivity index (χ1n) is 27.6. The molecular weight excluding hydrogens is 859 g/mol. The number of hydrogen-bond donors (Lipinski definition) is 6. The number of hydrogen-bond acceptors (Lipinski definition) is 10. The van der Waals surface area contributed by atoms with Crippen LogP contribution in [0.15, 0.2) is 12.2 Å². The van der Waals surface area contributed by atoms with Gasteiger partial charge in [0.2, 0.25) is 5.91 Å². The number of carbonyl (C=O) groups excluding carboxylic acids is 1. The van der Waals surface area contributed by atoms with E-state index in [2.05, 4.69) is 23.3 Å². The standard InChI is InChI=1S/C53H103NO11S/c1-3-5-7-9-11-13-15-17-19-20-21-22-23-24-25-26-27-29-31-33-35-37-39-41-43-49(57)54-46(45-63-53-51(59)52(65-66(60,61)62)50(58)48(44-55)64-53)47(56)42-40-38-36-34-32-30-28-18-16-14-12-10-8-6-4-2/h40,42,46-48,50-53,55-56,58-59H,3-39,41,43-45H2,1-2H3,(H,54,57)(H,60,61,62)/b42-40+.